The van der Waals surface area contributed by atoms with Gasteiger partial charge >= 0.3 is 5.97 Å². The molecule has 0 spiro atoms. The van der Waals surface area contributed by atoms with E-state index in [-0.39, 0.29) is 17.9 Å². The Morgan fingerprint density at radius 1 is 1.08 bits per heavy atom. The largest absolute Gasteiger partial charge is 0.481 e. The number of fused-ring (bicyclic) bond motifs is 5. The molecule has 8 rings (SSSR count). The van der Waals surface area contributed by atoms with E-state index >= 15 is 0 Å². The normalized spacial score (nSPS) is 22.8. The zero-order valence-corrected chi connectivity index (χ0v) is 20.6. The fraction of sp³-hybridized carbons (Fsp3) is 0.310. The summed E-state index contributed by atoms with van der Waals surface area (Å²) in [5.74, 6) is -0.132. The number of aromatic nitrogens is 5. The van der Waals surface area contributed by atoms with Gasteiger partial charge in [-0.05, 0) is 55.2 Å². The van der Waals surface area contributed by atoms with Crippen LogP contribution in [0.5, 0.6) is 0 Å². The lowest BCUT2D eigenvalue weighted by atomic mass is 9.61. The Kier molecular flexibility index (Phi) is 5.38. The number of nitrogens with zero attached hydrogens (tertiary/aromatic N) is 4. The van der Waals surface area contributed by atoms with Crippen LogP contribution in [0.4, 0.5) is 10.2 Å². The molecule has 4 heterocycles. The van der Waals surface area contributed by atoms with Crippen LogP contribution in [0.3, 0.4) is 0 Å². The molecular weight excluding hydrogens is 483 g/mol. The van der Waals surface area contributed by atoms with Crippen LogP contribution in [0.1, 0.15) is 31.2 Å². The Morgan fingerprint density at radius 2 is 1.87 bits per heavy atom. The molecular formula is C29H27FN6O2. The second-order valence-electron chi connectivity index (χ2n) is 10.5. The molecule has 4 aromatic heterocycles. The quantitative estimate of drug-likeness (QED) is 0.280. The Balaban J connectivity index is 1.37. The van der Waals surface area contributed by atoms with Crippen molar-refractivity contribution in [3.63, 3.8) is 0 Å². The summed E-state index contributed by atoms with van der Waals surface area (Å²) in [6.07, 6.45) is 8.88. The van der Waals surface area contributed by atoms with Crippen LogP contribution in [-0.2, 0) is 11.3 Å². The van der Waals surface area contributed by atoms with Crippen LogP contribution in [0.2, 0.25) is 0 Å². The van der Waals surface area contributed by atoms with Gasteiger partial charge in [-0.1, -0.05) is 30.3 Å². The van der Waals surface area contributed by atoms with Crippen LogP contribution in [-0.4, -0.2) is 41.6 Å². The summed E-state index contributed by atoms with van der Waals surface area (Å²) in [4.78, 5) is 29.4. The van der Waals surface area contributed by atoms with Gasteiger partial charge in [0.15, 0.2) is 5.82 Å². The number of halogens is 1. The molecule has 3 fully saturated rings. The number of anilines is 1. The van der Waals surface area contributed by atoms with Gasteiger partial charge in [-0.25, -0.2) is 19.3 Å². The first-order valence-electron chi connectivity index (χ1n) is 13.1. The molecule has 3 saturated carbocycles. The summed E-state index contributed by atoms with van der Waals surface area (Å²) < 4.78 is 16.2. The van der Waals surface area contributed by atoms with Crippen LogP contribution < -0.4 is 5.32 Å². The summed E-state index contributed by atoms with van der Waals surface area (Å²) in [7, 11) is 0. The van der Waals surface area contributed by atoms with E-state index in [1.54, 1.807) is 6.20 Å². The topological polar surface area (TPSA) is 109 Å². The highest BCUT2D eigenvalue weighted by atomic mass is 19.1. The third-order valence-electron chi connectivity index (χ3n) is 8.36. The predicted molar refractivity (Wildman–Crippen MR) is 142 cm³/mol. The van der Waals surface area contributed by atoms with Gasteiger partial charge < -0.3 is 20.0 Å². The van der Waals surface area contributed by atoms with Crippen molar-refractivity contribution in [2.75, 3.05) is 5.32 Å². The number of carbonyl (C=O) groups is 1. The number of hydrogen-bond donors (Lipinski definition) is 3. The van der Waals surface area contributed by atoms with Crippen molar-refractivity contribution < 1.29 is 14.3 Å². The van der Waals surface area contributed by atoms with Gasteiger partial charge in [-0.2, -0.15) is 0 Å². The highest BCUT2D eigenvalue weighted by molar-refractivity contribution is 5.95. The van der Waals surface area contributed by atoms with E-state index in [9.17, 15) is 14.3 Å². The van der Waals surface area contributed by atoms with Crippen LogP contribution >= 0.6 is 0 Å². The van der Waals surface area contributed by atoms with Gasteiger partial charge in [0.05, 0.1) is 17.5 Å². The number of aliphatic carboxylic acids is 1. The minimum atomic E-state index is -0.748. The average Bonchev–Trinajstić information content (AvgIpc) is 3.53. The van der Waals surface area contributed by atoms with Crippen molar-refractivity contribution in [3.05, 3.63) is 72.4 Å². The first-order chi connectivity index (χ1) is 18.5. The molecule has 2 unspecified atom stereocenters. The number of carboxylic acids is 1. The number of carboxylic acid groups (broad SMARTS) is 1. The molecule has 3 N–H and O–H groups in total. The molecule has 2 bridgehead atoms. The number of benzene rings is 1. The summed E-state index contributed by atoms with van der Waals surface area (Å²) in [5.41, 5.74) is 3.06. The van der Waals surface area contributed by atoms with E-state index < -0.39 is 17.7 Å². The van der Waals surface area contributed by atoms with E-state index in [0.717, 1.165) is 42.3 Å². The van der Waals surface area contributed by atoms with Gasteiger partial charge in [0.2, 0.25) is 0 Å². The van der Waals surface area contributed by atoms with E-state index in [1.807, 2.05) is 30.5 Å². The molecule has 9 heteroatoms. The SMILES string of the molecule is O=C(O)C1C2CCC(CC2)C1Nc1nc(-c2c[nH]c3ncc(F)cc23)nc2c1ccn2Cc1ccccc1. The van der Waals surface area contributed by atoms with E-state index in [1.165, 1.54) is 12.3 Å². The minimum absolute atomic E-state index is 0.178. The fourth-order valence-electron chi connectivity index (χ4n) is 6.54. The van der Waals surface area contributed by atoms with Crippen molar-refractivity contribution >= 4 is 33.9 Å². The number of rotatable bonds is 6. The molecule has 3 aliphatic carbocycles. The lowest BCUT2D eigenvalue weighted by Gasteiger charge is -2.47. The smallest absolute Gasteiger partial charge is 0.308 e. The number of pyridine rings is 1. The first-order valence-corrected chi connectivity index (χ1v) is 13.1. The highest BCUT2D eigenvalue weighted by Crippen LogP contribution is 2.46. The molecule has 3 aliphatic rings. The molecule has 0 amide bonds. The van der Waals surface area contributed by atoms with Gasteiger partial charge in [-0.15, -0.1) is 0 Å². The molecule has 2 atom stereocenters. The number of H-pyrrole nitrogens is 1. The second kappa shape index (κ2) is 8.93. The van der Waals surface area contributed by atoms with Gasteiger partial charge in [0.25, 0.3) is 0 Å². The number of nitrogens with one attached hydrogen (secondary N) is 2. The van der Waals surface area contributed by atoms with E-state index in [0.29, 0.717) is 34.8 Å². The van der Waals surface area contributed by atoms with Crippen LogP contribution in [0, 0.1) is 23.6 Å². The molecule has 0 radical (unpaired) electrons. The molecule has 38 heavy (non-hydrogen) atoms. The lowest BCUT2D eigenvalue weighted by molar-refractivity contribution is -0.148. The van der Waals surface area contributed by atoms with E-state index in [4.69, 9.17) is 9.97 Å². The maximum Gasteiger partial charge on any atom is 0.308 e. The molecule has 192 valence electrons. The lowest BCUT2D eigenvalue weighted by Crippen LogP contribution is -2.51. The Morgan fingerprint density at radius 3 is 2.66 bits per heavy atom. The summed E-state index contributed by atoms with van der Waals surface area (Å²) in [6.45, 7) is 0.621. The highest BCUT2D eigenvalue weighted by Gasteiger charge is 2.47. The third kappa shape index (κ3) is 3.81. The van der Waals surface area contributed by atoms with Gasteiger partial charge in [-0.3, -0.25) is 4.79 Å². The fourth-order valence-corrected chi connectivity index (χ4v) is 6.54. The Hall–Kier alpha value is -4.27. The summed E-state index contributed by atoms with van der Waals surface area (Å²) in [5, 5.41) is 15.1. The average molecular weight is 511 g/mol. The van der Waals surface area contributed by atoms with Crippen molar-refractivity contribution in [1.29, 1.82) is 0 Å². The molecule has 8 nitrogen and oxygen atoms in total. The summed E-state index contributed by atoms with van der Waals surface area (Å²) in [6, 6.07) is 13.3. The zero-order valence-electron chi connectivity index (χ0n) is 20.6. The predicted octanol–water partition coefficient (Wildman–Crippen LogP) is 5.46. The summed E-state index contributed by atoms with van der Waals surface area (Å²) >= 11 is 0. The van der Waals surface area contributed by atoms with Crippen molar-refractivity contribution in [2.45, 2.75) is 38.3 Å². The van der Waals surface area contributed by atoms with E-state index in [2.05, 4.69) is 32.0 Å². The molecule has 0 saturated heterocycles. The number of hydrogen-bond acceptors (Lipinski definition) is 5. The standard InChI is InChI=1S/C29H27FN6O2/c30-19-12-21-22(14-32-25(21)31-13-19)27-34-26(33-24-18-8-6-17(7-9-18)23(24)29(37)38)20-10-11-36(28(20)35-27)15-16-4-2-1-3-5-16/h1-5,10-14,17-18,23-24H,6-9,15H2,(H,31,32)(H,37,38)(H,33,34,35). The number of aromatic amines is 1. The molecule has 1 aromatic carbocycles. The van der Waals surface area contributed by atoms with Crippen LogP contribution in [0.25, 0.3) is 33.5 Å². The Labute approximate surface area is 218 Å². The zero-order chi connectivity index (χ0) is 25.8. The molecule has 5 aromatic rings. The molecule has 0 aliphatic heterocycles. The second-order valence-corrected chi connectivity index (χ2v) is 10.5. The van der Waals surface area contributed by atoms with Crippen molar-refractivity contribution in [3.8, 4) is 11.4 Å². The Bertz CT molecular complexity index is 1650. The van der Waals surface area contributed by atoms with Crippen molar-refractivity contribution in [1.82, 2.24) is 24.5 Å². The van der Waals surface area contributed by atoms with Gasteiger partial charge in [0.1, 0.15) is 22.9 Å². The van der Waals surface area contributed by atoms with Crippen LogP contribution in [0.15, 0.2) is 61.1 Å². The maximum absolute atomic E-state index is 14.1. The van der Waals surface area contributed by atoms with Gasteiger partial charge in [0, 0.05) is 35.9 Å². The first kappa shape index (κ1) is 22.9. The third-order valence-corrected chi connectivity index (χ3v) is 8.36. The monoisotopic (exact) mass is 510 g/mol. The minimum Gasteiger partial charge on any atom is -0.481 e. The maximum atomic E-state index is 14.1. The van der Waals surface area contributed by atoms with Crippen molar-refractivity contribution in [2.24, 2.45) is 17.8 Å².